The highest BCUT2D eigenvalue weighted by Gasteiger charge is 2.46. The minimum absolute atomic E-state index is 0.0958. The molecule has 2 aliphatic heterocycles. The van der Waals surface area contributed by atoms with Crippen molar-refractivity contribution in [2.45, 2.75) is 83.3 Å². The molecule has 214 valence electrons. The van der Waals surface area contributed by atoms with E-state index in [0.717, 1.165) is 48.5 Å². The topological polar surface area (TPSA) is 82.6 Å². The molecular weight excluding hydrogens is 514 g/mol. The Balaban J connectivity index is 1.40. The molecule has 0 saturated carbocycles. The van der Waals surface area contributed by atoms with Gasteiger partial charge in [0.15, 0.2) is 0 Å². The van der Waals surface area contributed by atoms with Gasteiger partial charge in [-0.25, -0.2) is 4.79 Å². The molecule has 2 fully saturated rings. The number of amides is 2. The second-order valence-corrected chi connectivity index (χ2v) is 12.3. The minimum Gasteiger partial charge on any atom is -0.485 e. The molecular formula is C30H43N3O5S. The summed E-state index contributed by atoms with van der Waals surface area (Å²) in [6.45, 7) is 11.2. The third kappa shape index (κ3) is 7.13. The summed E-state index contributed by atoms with van der Waals surface area (Å²) in [6.07, 6.45) is 1.71. The Labute approximate surface area is 236 Å². The van der Waals surface area contributed by atoms with Crippen molar-refractivity contribution in [1.82, 2.24) is 14.7 Å². The Morgan fingerprint density at radius 3 is 2.56 bits per heavy atom. The number of para-hydroxylation sites is 1. The first-order chi connectivity index (χ1) is 18.6. The predicted molar refractivity (Wildman–Crippen MR) is 154 cm³/mol. The minimum atomic E-state index is -0.936. The average molecular weight is 558 g/mol. The molecule has 1 aromatic carbocycles. The van der Waals surface area contributed by atoms with E-state index in [0.29, 0.717) is 25.6 Å². The lowest BCUT2D eigenvalue weighted by molar-refractivity contribution is -0.193. The maximum absolute atomic E-state index is 12.6. The first kappa shape index (κ1) is 29.4. The Morgan fingerprint density at radius 1 is 1.21 bits per heavy atom. The van der Waals surface area contributed by atoms with Crippen LogP contribution in [0.15, 0.2) is 41.8 Å². The normalized spacial score (nSPS) is 21.2. The number of likely N-dealkylation sites (tertiary alicyclic amines) is 1. The number of hydrogen-bond acceptors (Lipinski definition) is 6. The van der Waals surface area contributed by atoms with Gasteiger partial charge in [0.1, 0.15) is 18.0 Å². The second-order valence-electron chi connectivity index (χ2n) is 11.3. The lowest BCUT2D eigenvalue weighted by atomic mass is 9.87. The van der Waals surface area contributed by atoms with Gasteiger partial charge in [-0.1, -0.05) is 24.3 Å². The summed E-state index contributed by atoms with van der Waals surface area (Å²) >= 11 is 1.63. The van der Waals surface area contributed by atoms with Crippen molar-refractivity contribution >= 4 is 23.3 Å². The fraction of sp³-hybridized carbons (Fsp3) is 0.600. The quantitative estimate of drug-likeness (QED) is 0.428. The van der Waals surface area contributed by atoms with Crippen molar-refractivity contribution in [2.75, 3.05) is 33.2 Å². The molecule has 3 atom stereocenters. The Hall–Kier alpha value is -2.62. The number of nitrogens with zero attached hydrogens (tertiary/aromatic N) is 3. The van der Waals surface area contributed by atoms with E-state index in [4.69, 9.17) is 9.47 Å². The van der Waals surface area contributed by atoms with Gasteiger partial charge in [0, 0.05) is 50.1 Å². The average Bonchev–Trinajstić information content (AvgIpc) is 3.44. The molecule has 0 unspecified atom stereocenters. The van der Waals surface area contributed by atoms with Crippen LogP contribution in [0.5, 0.6) is 5.75 Å². The number of thiophene rings is 1. The lowest BCUT2D eigenvalue weighted by Gasteiger charge is -2.50. The fourth-order valence-corrected chi connectivity index (χ4v) is 6.49. The molecule has 2 amide bonds. The third-order valence-electron chi connectivity index (χ3n) is 8.14. The van der Waals surface area contributed by atoms with E-state index in [1.165, 1.54) is 4.90 Å². The number of piperidine rings is 1. The van der Waals surface area contributed by atoms with E-state index in [9.17, 15) is 14.7 Å². The Bertz CT molecular complexity index is 1100. The molecule has 9 heteroatoms. The van der Waals surface area contributed by atoms with Gasteiger partial charge in [-0.2, -0.15) is 0 Å². The van der Waals surface area contributed by atoms with Crippen molar-refractivity contribution < 1.29 is 24.2 Å². The molecule has 0 radical (unpaired) electrons. The number of benzene rings is 1. The maximum Gasteiger partial charge on any atom is 0.407 e. The van der Waals surface area contributed by atoms with Crippen LogP contribution >= 0.6 is 11.3 Å². The molecule has 8 nitrogen and oxygen atoms in total. The molecule has 39 heavy (non-hydrogen) atoms. The summed E-state index contributed by atoms with van der Waals surface area (Å²) in [5.74, 6) is 0.947. The van der Waals surface area contributed by atoms with Crippen LogP contribution in [-0.2, 0) is 16.0 Å². The summed E-state index contributed by atoms with van der Waals surface area (Å²) in [5.41, 5.74) is 0.892. The zero-order valence-corrected chi connectivity index (χ0v) is 24.7. The Morgan fingerprint density at radius 2 is 1.92 bits per heavy atom. The van der Waals surface area contributed by atoms with Crippen LogP contribution in [0.2, 0.25) is 0 Å². The monoisotopic (exact) mass is 557 g/mol. The fourth-order valence-electron chi connectivity index (χ4n) is 5.70. The van der Waals surface area contributed by atoms with Crippen molar-refractivity contribution in [1.29, 1.82) is 0 Å². The van der Waals surface area contributed by atoms with Crippen LogP contribution in [-0.4, -0.2) is 88.8 Å². The summed E-state index contributed by atoms with van der Waals surface area (Å²) in [7, 11) is 1.59. The molecule has 3 heterocycles. The zero-order valence-electron chi connectivity index (χ0n) is 23.8. The number of carboxylic acid groups (broad SMARTS) is 1. The van der Waals surface area contributed by atoms with Gasteiger partial charge < -0.3 is 29.3 Å². The van der Waals surface area contributed by atoms with E-state index < -0.39 is 6.09 Å². The molecule has 2 aliphatic rings. The number of morpholine rings is 1. The largest absolute Gasteiger partial charge is 0.485 e. The molecule has 1 N–H and O–H groups in total. The Kier molecular flexibility index (Phi) is 9.56. The number of rotatable bonds is 10. The van der Waals surface area contributed by atoms with Gasteiger partial charge in [-0.05, 0) is 70.0 Å². The number of carbonyl (C=O) groups is 2. The molecule has 2 saturated heterocycles. The van der Waals surface area contributed by atoms with Gasteiger partial charge in [-0.15, -0.1) is 11.3 Å². The zero-order chi connectivity index (χ0) is 28.2. The smallest absolute Gasteiger partial charge is 0.407 e. The van der Waals surface area contributed by atoms with Gasteiger partial charge in [0.25, 0.3) is 5.91 Å². The van der Waals surface area contributed by atoms with Crippen molar-refractivity contribution in [2.24, 2.45) is 0 Å². The third-order valence-corrected chi connectivity index (χ3v) is 9.11. The van der Waals surface area contributed by atoms with Gasteiger partial charge >= 0.3 is 6.09 Å². The number of carbonyl (C=O) groups excluding carboxylic acids is 1. The van der Waals surface area contributed by atoms with E-state index in [2.05, 4.69) is 31.7 Å². The second kappa shape index (κ2) is 12.7. The first-order valence-corrected chi connectivity index (χ1v) is 14.9. The summed E-state index contributed by atoms with van der Waals surface area (Å²) in [4.78, 5) is 30.8. The van der Waals surface area contributed by atoms with Crippen LogP contribution in [0.4, 0.5) is 4.79 Å². The van der Waals surface area contributed by atoms with E-state index >= 15 is 0 Å². The number of ether oxygens (including phenoxy) is 2. The maximum atomic E-state index is 12.6. The highest BCUT2D eigenvalue weighted by atomic mass is 32.1. The summed E-state index contributed by atoms with van der Waals surface area (Å²) in [5, 5.41) is 11.3. The van der Waals surface area contributed by atoms with Gasteiger partial charge in [0.05, 0.1) is 12.1 Å². The highest BCUT2D eigenvalue weighted by Crippen LogP contribution is 2.35. The summed E-state index contributed by atoms with van der Waals surface area (Å²) in [6, 6.07) is 12.7. The van der Waals surface area contributed by atoms with E-state index in [-0.39, 0.29) is 29.8 Å². The highest BCUT2D eigenvalue weighted by molar-refractivity contribution is 7.10. The molecule has 1 aromatic heterocycles. The van der Waals surface area contributed by atoms with Crippen LogP contribution in [0, 0.1) is 0 Å². The van der Waals surface area contributed by atoms with Crippen molar-refractivity contribution in [3.05, 3.63) is 52.2 Å². The predicted octanol–water partition coefficient (Wildman–Crippen LogP) is 5.29. The lowest BCUT2D eigenvalue weighted by Crippen LogP contribution is -2.63. The van der Waals surface area contributed by atoms with Gasteiger partial charge in [0.2, 0.25) is 0 Å². The van der Waals surface area contributed by atoms with Crippen LogP contribution in [0.1, 0.15) is 63.5 Å². The summed E-state index contributed by atoms with van der Waals surface area (Å²) < 4.78 is 12.9. The molecule has 4 rings (SSSR count). The van der Waals surface area contributed by atoms with Crippen molar-refractivity contribution in [3.8, 4) is 5.75 Å². The van der Waals surface area contributed by atoms with E-state index in [1.54, 1.807) is 18.4 Å². The molecule has 0 bridgehead atoms. The standard InChI is InChI=1S/C30H43N3O5S/c1-21(2)33-20-30(38-23(4)28(33)34)13-16-32(17-14-30)22(3)19-24-9-6-7-10-25(24)37-26(27-11-8-18-39-27)12-15-31(5)29(35)36/h6-11,18,21-23,26H,12-17,19-20H2,1-5H3,(H,35,36)/t22-,23-,26-/m1/s1. The van der Waals surface area contributed by atoms with Crippen molar-refractivity contribution in [3.63, 3.8) is 0 Å². The molecule has 1 spiro atoms. The molecule has 2 aromatic rings. The number of hydrogen-bond donors (Lipinski definition) is 1. The van der Waals surface area contributed by atoms with Crippen LogP contribution < -0.4 is 4.74 Å². The SMILES string of the molecule is CC(C)N1CC2(CCN([C@H](C)Cc3ccccc3O[C@H](CCN(C)C(=O)O)c3cccs3)CC2)O[C@H](C)C1=O. The molecule has 0 aliphatic carbocycles. The van der Waals surface area contributed by atoms with E-state index in [1.807, 2.05) is 47.5 Å². The first-order valence-electron chi connectivity index (χ1n) is 14.0. The van der Waals surface area contributed by atoms with Crippen LogP contribution in [0.25, 0.3) is 0 Å². The van der Waals surface area contributed by atoms with Crippen LogP contribution in [0.3, 0.4) is 0 Å². The van der Waals surface area contributed by atoms with Gasteiger partial charge in [-0.3, -0.25) is 4.79 Å².